The van der Waals surface area contributed by atoms with Crippen LogP contribution < -0.4 is 5.73 Å². The van der Waals surface area contributed by atoms with E-state index in [4.69, 9.17) is 5.73 Å². The van der Waals surface area contributed by atoms with E-state index in [0.717, 1.165) is 12.2 Å². The molecule has 1 aliphatic rings. The summed E-state index contributed by atoms with van der Waals surface area (Å²) in [6.07, 6.45) is 3.60. The standard InChI is InChI=1S/C12H16FNS/c13-10-6-2-1-5-9(10)12(14)11-7-3-4-8-15-11/h1-2,5-6,11-12H,3-4,7-8,14H2. The lowest BCUT2D eigenvalue weighted by molar-refractivity contribution is 0.541. The molecule has 1 aliphatic heterocycles. The molecule has 15 heavy (non-hydrogen) atoms. The fourth-order valence-electron chi connectivity index (χ4n) is 1.99. The fourth-order valence-corrected chi connectivity index (χ4v) is 3.36. The maximum atomic E-state index is 13.5. The molecule has 1 aromatic rings. The molecule has 2 rings (SSSR count). The van der Waals surface area contributed by atoms with Crippen LogP contribution in [0.25, 0.3) is 0 Å². The molecule has 1 aromatic carbocycles. The zero-order valence-electron chi connectivity index (χ0n) is 8.66. The van der Waals surface area contributed by atoms with Crippen LogP contribution in [0, 0.1) is 5.82 Å². The molecule has 1 nitrogen and oxygen atoms in total. The summed E-state index contributed by atoms with van der Waals surface area (Å²) in [5.41, 5.74) is 6.77. The second kappa shape index (κ2) is 4.99. The van der Waals surface area contributed by atoms with Gasteiger partial charge in [0.25, 0.3) is 0 Å². The number of halogens is 1. The Labute approximate surface area is 94.2 Å². The lowest BCUT2D eigenvalue weighted by Crippen LogP contribution is -2.27. The Morgan fingerprint density at radius 2 is 2.13 bits per heavy atom. The largest absolute Gasteiger partial charge is 0.323 e. The summed E-state index contributed by atoms with van der Waals surface area (Å²) < 4.78 is 13.5. The van der Waals surface area contributed by atoms with Gasteiger partial charge in [-0.2, -0.15) is 11.8 Å². The second-order valence-corrected chi connectivity index (χ2v) is 5.30. The van der Waals surface area contributed by atoms with Gasteiger partial charge >= 0.3 is 0 Å². The van der Waals surface area contributed by atoms with Crippen molar-refractivity contribution in [1.29, 1.82) is 0 Å². The summed E-state index contributed by atoms with van der Waals surface area (Å²) in [6.45, 7) is 0. The molecular formula is C12H16FNS. The van der Waals surface area contributed by atoms with Crippen LogP contribution in [-0.4, -0.2) is 11.0 Å². The molecule has 2 N–H and O–H groups in total. The number of rotatable bonds is 2. The summed E-state index contributed by atoms with van der Waals surface area (Å²) in [6, 6.07) is 6.69. The first kappa shape index (κ1) is 11.0. The van der Waals surface area contributed by atoms with Gasteiger partial charge in [-0.1, -0.05) is 24.6 Å². The number of benzene rings is 1. The third kappa shape index (κ3) is 2.52. The van der Waals surface area contributed by atoms with Gasteiger partial charge in [0.2, 0.25) is 0 Å². The molecule has 2 unspecified atom stereocenters. The first-order valence-electron chi connectivity index (χ1n) is 5.40. The molecule has 3 heteroatoms. The quantitative estimate of drug-likeness (QED) is 0.837. The minimum Gasteiger partial charge on any atom is -0.323 e. The maximum absolute atomic E-state index is 13.5. The Morgan fingerprint density at radius 1 is 1.33 bits per heavy atom. The predicted octanol–water partition coefficient (Wildman–Crippen LogP) is 3.11. The van der Waals surface area contributed by atoms with Crippen molar-refractivity contribution in [1.82, 2.24) is 0 Å². The lowest BCUT2D eigenvalue weighted by Gasteiger charge is -2.27. The van der Waals surface area contributed by atoms with Gasteiger partial charge < -0.3 is 5.73 Å². The number of nitrogens with two attached hydrogens (primary N) is 1. The van der Waals surface area contributed by atoms with E-state index in [0.29, 0.717) is 10.8 Å². The van der Waals surface area contributed by atoms with E-state index in [2.05, 4.69) is 0 Å². The Balaban J connectivity index is 2.12. The van der Waals surface area contributed by atoms with Crippen LogP contribution >= 0.6 is 11.8 Å². The highest BCUT2D eigenvalue weighted by atomic mass is 32.2. The smallest absolute Gasteiger partial charge is 0.128 e. The molecule has 0 aromatic heterocycles. The van der Waals surface area contributed by atoms with Crippen molar-refractivity contribution < 1.29 is 4.39 Å². The van der Waals surface area contributed by atoms with Gasteiger partial charge in [-0.05, 0) is 24.7 Å². The second-order valence-electron chi connectivity index (χ2n) is 3.95. The Bertz CT molecular complexity index is 323. The Morgan fingerprint density at radius 3 is 2.80 bits per heavy atom. The van der Waals surface area contributed by atoms with E-state index in [9.17, 15) is 4.39 Å². The van der Waals surface area contributed by atoms with Gasteiger partial charge in [0.05, 0.1) is 0 Å². The van der Waals surface area contributed by atoms with Crippen molar-refractivity contribution >= 4 is 11.8 Å². The predicted molar refractivity (Wildman–Crippen MR) is 63.4 cm³/mol. The fraction of sp³-hybridized carbons (Fsp3) is 0.500. The van der Waals surface area contributed by atoms with Crippen molar-refractivity contribution in [3.63, 3.8) is 0 Å². The molecule has 1 saturated heterocycles. The number of hydrogen-bond acceptors (Lipinski definition) is 2. The van der Waals surface area contributed by atoms with E-state index in [-0.39, 0.29) is 11.9 Å². The van der Waals surface area contributed by atoms with Crippen LogP contribution in [0.15, 0.2) is 24.3 Å². The molecule has 0 aliphatic carbocycles. The first-order chi connectivity index (χ1) is 7.29. The average Bonchev–Trinajstić information content (AvgIpc) is 2.30. The molecule has 1 fully saturated rings. The number of hydrogen-bond donors (Lipinski definition) is 1. The molecule has 0 bridgehead atoms. The third-order valence-corrected chi connectivity index (χ3v) is 4.36. The van der Waals surface area contributed by atoms with Gasteiger partial charge in [0.15, 0.2) is 0 Å². The van der Waals surface area contributed by atoms with E-state index in [1.165, 1.54) is 18.9 Å². The van der Waals surface area contributed by atoms with Gasteiger partial charge in [-0.3, -0.25) is 0 Å². The minimum atomic E-state index is -0.170. The molecule has 82 valence electrons. The maximum Gasteiger partial charge on any atom is 0.128 e. The summed E-state index contributed by atoms with van der Waals surface area (Å²) in [7, 11) is 0. The normalized spacial score (nSPS) is 23.7. The molecule has 0 spiro atoms. The SMILES string of the molecule is NC(c1ccccc1F)C1CCCCS1. The summed E-state index contributed by atoms with van der Waals surface area (Å²) in [4.78, 5) is 0. The van der Waals surface area contributed by atoms with Crippen LogP contribution in [0.2, 0.25) is 0 Å². The molecule has 0 radical (unpaired) electrons. The summed E-state index contributed by atoms with van der Waals surface area (Å²) >= 11 is 1.88. The molecule has 0 saturated carbocycles. The van der Waals surface area contributed by atoms with Crippen LogP contribution in [0.4, 0.5) is 4.39 Å². The van der Waals surface area contributed by atoms with E-state index < -0.39 is 0 Å². The highest BCUT2D eigenvalue weighted by Crippen LogP contribution is 2.33. The molecule has 0 amide bonds. The van der Waals surface area contributed by atoms with E-state index in [1.807, 2.05) is 17.8 Å². The molecule has 2 atom stereocenters. The Hall–Kier alpha value is -0.540. The summed E-state index contributed by atoms with van der Waals surface area (Å²) in [5.74, 6) is 0.989. The van der Waals surface area contributed by atoms with Gasteiger partial charge in [-0.15, -0.1) is 0 Å². The topological polar surface area (TPSA) is 26.0 Å². The van der Waals surface area contributed by atoms with E-state index >= 15 is 0 Å². The number of thioether (sulfide) groups is 1. The third-order valence-electron chi connectivity index (χ3n) is 2.88. The van der Waals surface area contributed by atoms with Crippen molar-refractivity contribution in [2.45, 2.75) is 30.6 Å². The van der Waals surface area contributed by atoms with Crippen LogP contribution in [0.3, 0.4) is 0 Å². The van der Waals surface area contributed by atoms with Crippen molar-refractivity contribution in [3.05, 3.63) is 35.6 Å². The zero-order chi connectivity index (χ0) is 10.7. The monoisotopic (exact) mass is 225 g/mol. The highest BCUT2D eigenvalue weighted by molar-refractivity contribution is 8.00. The van der Waals surface area contributed by atoms with Gasteiger partial charge in [0, 0.05) is 16.9 Å². The van der Waals surface area contributed by atoms with Gasteiger partial charge in [-0.25, -0.2) is 4.39 Å². The molecular weight excluding hydrogens is 209 g/mol. The lowest BCUT2D eigenvalue weighted by atomic mass is 10.00. The van der Waals surface area contributed by atoms with Crippen LogP contribution in [0.5, 0.6) is 0 Å². The molecule has 1 heterocycles. The van der Waals surface area contributed by atoms with E-state index in [1.54, 1.807) is 12.1 Å². The average molecular weight is 225 g/mol. The van der Waals surface area contributed by atoms with Crippen LogP contribution in [-0.2, 0) is 0 Å². The van der Waals surface area contributed by atoms with Crippen LogP contribution in [0.1, 0.15) is 30.9 Å². The zero-order valence-corrected chi connectivity index (χ0v) is 9.47. The highest BCUT2D eigenvalue weighted by Gasteiger charge is 2.24. The van der Waals surface area contributed by atoms with Crippen molar-refractivity contribution in [3.8, 4) is 0 Å². The summed E-state index contributed by atoms with van der Waals surface area (Å²) in [5, 5.41) is 0.385. The van der Waals surface area contributed by atoms with Crippen molar-refractivity contribution in [2.24, 2.45) is 5.73 Å². The minimum absolute atomic E-state index is 0.156. The first-order valence-corrected chi connectivity index (χ1v) is 6.45. The van der Waals surface area contributed by atoms with Gasteiger partial charge in [0.1, 0.15) is 5.82 Å². The Kier molecular flexibility index (Phi) is 3.65. The van der Waals surface area contributed by atoms with Crippen molar-refractivity contribution in [2.75, 3.05) is 5.75 Å².